The number of aliphatic hydroxyl groups is 3. The zero-order valence-corrected chi connectivity index (χ0v) is 18.2. The van der Waals surface area contributed by atoms with Crippen LogP contribution in [0.4, 0.5) is 0 Å². The van der Waals surface area contributed by atoms with Gasteiger partial charge in [-0.1, -0.05) is 30.3 Å². The van der Waals surface area contributed by atoms with Gasteiger partial charge in [-0.3, -0.25) is 0 Å². The smallest absolute Gasteiger partial charge is 0.187 e. The Kier molecular flexibility index (Phi) is 6.69. The molecule has 0 saturated carbocycles. The summed E-state index contributed by atoms with van der Waals surface area (Å²) in [7, 11) is 0. The monoisotopic (exact) mass is 440 g/mol. The molecule has 174 valence electrons. The van der Waals surface area contributed by atoms with Crippen molar-refractivity contribution >= 4 is 0 Å². The van der Waals surface area contributed by atoms with Crippen LogP contribution in [0.15, 0.2) is 30.3 Å². The molecule has 3 aliphatic rings. The van der Waals surface area contributed by atoms with E-state index < -0.39 is 67.2 Å². The molecule has 3 aliphatic heterocycles. The first-order valence-electron chi connectivity index (χ1n) is 10.7. The van der Waals surface area contributed by atoms with Crippen LogP contribution in [0.25, 0.3) is 0 Å². The van der Waals surface area contributed by atoms with Crippen LogP contribution in [0.2, 0.25) is 0 Å². The Balaban J connectivity index is 1.51. The van der Waals surface area contributed by atoms with Crippen LogP contribution in [0.1, 0.15) is 33.3 Å². The Morgan fingerprint density at radius 2 is 1.45 bits per heavy atom. The van der Waals surface area contributed by atoms with Gasteiger partial charge in [-0.15, -0.1) is 0 Å². The predicted octanol–water partition coefficient (Wildman–Crippen LogP) is 0.681. The minimum absolute atomic E-state index is 0.236. The molecule has 10 unspecified atom stereocenters. The van der Waals surface area contributed by atoms with E-state index in [1.165, 1.54) is 0 Å². The number of benzene rings is 1. The highest BCUT2D eigenvalue weighted by atomic mass is 16.8. The zero-order chi connectivity index (χ0) is 22.3. The molecule has 1 aromatic carbocycles. The average Bonchev–Trinajstić information content (AvgIpc) is 3.07. The minimum atomic E-state index is -1.27. The fourth-order valence-electron chi connectivity index (χ4n) is 4.23. The lowest BCUT2D eigenvalue weighted by molar-refractivity contribution is -0.356. The highest BCUT2D eigenvalue weighted by Gasteiger charge is 2.56. The molecule has 3 heterocycles. The number of fused-ring (bicyclic) bond motifs is 1. The fourth-order valence-corrected chi connectivity index (χ4v) is 4.23. The Bertz CT molecular complexity index is 729. The first-order chi connectivity index (χ1) is 14.7. The van der Waals surface area contributed by atoms with Gasteiger partial charge in [0, 0.05) is 0 Å². The maximum absolute atomic E-state index is 10.8. The summed E-state index contributed by atoms with van der Waals surface area (Å²) in [5.41, 5.74) is 0.929. The average molecular weight is 440 g/mol. The molecule has 0 aliphatic carbocycles. The van der Waals surface area contributed by atoms with Crippen LogP contribution in [-0.4, -0.2) is 82.5 Å². The summed E-state index contributed by atoms with van der Waals surface area (Å²) in [5.74, 6) is -0.926. The molecule has 3 fully saturated rings. The van der Waals surface area contributed by atoms with Crippen molar-refractivity contribution < 1.29 is 43.7 Å². The Morgan fingerprint density at radius 1 is 0.839 bits per heavy atom. The van der Waals surface area contributed by atoms with Crippen molar-refractivity contribution in [3.63, 3.8) is 0 Å². The van der Waals surface area contributed by atoms with E-state index in [9.17, 15) is 15.3 Å². The lowest BCUT2D eigenvalue weighted by Crippen LogP contribution is -2.62. The quantitative estimate of drug-likeness (QED) is 0.608. The van der Waals surface area contributed by atoms with Crippen LogP contribution in [-0.2, 0) is 35.0 Å². The first-order valence-corrected chi connectivity index (χ1v) is 10.7. The highest BCUT2D eigenvalue weighted by molar-refractivity contribution is 5.13. The van der Waals surface area contributed by atoms with Crippen LogP contribution in [0.5, 0.6) is 0 Å². The van der Waals surface area contributed by atoms with E-state index in [4.69, 9.17) is 28.4 Å². The van der Waals surface area contributed by atoms with Crippen molar-refractivity contribution in [1.29, 1.82) is 0 Å². The van der Waals surface area contributed by atoms with Crippen LogP contribution >= 0.6 is 0 Å². The van der Waals surface area contributed by atoms with E-state index in [1.807, 2.05) is 30.3 Å². The normalized spacial score (nSPS) is 44.7. The van der Waals surface area contributed by atoms with Gasteiger partial charge in [0.1, 0.15) is 36.6 Å². The molecule has 0 radical (unpaired) electrons. The second kappa shape index (κ2) is 9.01. The van der Waals surface area contributed by atoms with Crippen molar-refractivity contribution in [1.82, 2.24) is 0 Å². The maximum Gasteiger partial charge on any atom is 0.187 e. The highest BCUT2D eigenvalue weighted by Crippen LogP contribution is 2.39. The maximum atomic E-state index is 10.8. The van der Waals surface area contributed by atoms with Crippen molar-refractivity contribution in [2.45, 2.75) is 102 Å². The third-order valence-electron chi connectivity index (χ3n) is 5.93. The van der Waals surface area contributed by atoms with E-state index in [2.05, 4.69) is 0 Å². The first kappa shape index (κ1) is 23.0. The topological polar surface area (TPSA) is 116 Å². The van der Waals surface area contributed by atoms with Crippen LogP contribution in [0.3, 0.4) is 0 Å². The molecule has 0 aromatic heterocycles. The molecule has 0 spiro atoms. The summed E-state index contributed by atoms with van der Waals surface area (Å²) in [6, 6.07) is 9.54. The third-order valence-corrected chi connectivity index (χ3v) is 5.93. The second-order valence-corrected chi connectivity index (χ2v) is 8.85. The minimum Gasteiger partial charge on any atom is -0.388 e. The predicted molar refractivity (Wildman–Crippen MR) is 107 cm³/mol. The summed E-state index contributed by atoms with van der Waals surface area (Å²) in [4.78, 5) is 0. The molecule has 4 rings (SSSR count). The molecule has 10 atom stereocenters. The Morgan fingerprint density at radius 3 is 2.16 bits per heavy atom. The molecular formula is C22H32O9. The SMILES string of the molecule is CC1OC(OCc2ccccc2)C(OC2OC(C)C(O)C3OC(C)(C)OC23)C(O)C1O. The summed E-state index contributed by atoms with van der Waals surface area (Å²) in [6.45, 7) is 7.09. The molecule has 31 heavy (non-hydrogen) atoms. The number of hydrogen-bond donors (Lipinski definition) is 3. The van der Waals surface area contributed by atoms with E-state index in [-0.39, 0.29) is 6.61 Å². The molecular weight excluding hydrogens is 408 g/mol. The van der Waals surface area contributed by atoms with Gasteiger partial charge in [-0.2, -0.15) is 0 Å². The van der Waals surface area contributed by atoms with E-state index in [1.54, 1.807) is 27.7 Å². The zero-order valence-electron chi connectivity index (χ0n) is 18.2. The summed E-state index contributed by atoms with van der Waals surface area (Å²) >= 11 is 0. The van der Waals surface area contributed by atoms with Gasteiger partial charge in [-0.25, -0.2) is 0 Å². The van der Waals surface area contributed by atoms with Gasteiger partial charge in [0.05, 0.1) is 18.8 Å². The van der Waals surface area contributed by atoms with Crippen LogP contribution < -0.4 is 0 Å². The van der Waals surface area contributed by atoms with Gasteiger partial charge < -0.3 is 43.7 Å². The molecule has 9 nitrogen and oxygen atoms in total. The lowest BCUT2D eigenvalue weighted by Gasteiger charge is -2.45. The molecule has 1 aromatic rings. The summed E-state index contributed by atoms with van der Waals surface area (Å²) in [6.07, 6.45) is -8.91. The third kappa shape index (κ3) is 4.80. The van der Waals surface area contributed by atoms with Crippen molar-refractivity contribution in [2.24, 2.45) is 0 Å². The van der Waals surface area contributed by atoms with E-state index in [0.717, 1.165) is 5.56 Å². The second-order valence-electron chi connectivity index (χ2n) is 8.85. The van der Waals surface area contributed by atoms with Crippen LogP contribution in [0, 0.1) is 0 Å². The molecule has 0 bridgehead atoms. The van der Waals surface area contributed by atoms with Gasteiger partial charge in [0.2, 0.25) is 0 Å². The summed E-state index contributed by atoms with van der Waals surface area (Å²) in [5, 5.41) is 31.6. The van der Waals surface area contributed by atoms with E-state index >= 15 is 0 Å². The molecule has 3 saturated heterocycles. The molecule has 3 N–H and O–H groups in total. The lowest BCUT2D eigenvalue weighted by atomic mass is 9.98. The Hall–Kier alpha value is -1.14. The van der Waals surface area contributed by atoms with Crippen molar-refractivity contribution in [3.8, 4) is 0 Å². The van der Waals surface area contributed by atoms with Crippen molar-refractivity contribution in [2.75, 3.05) is 0 Å². The van der Waals surface area contributed by atoms with Gasteiger partial charge in [0.15, 0.2) is 18.4 Å². The number of hydrogen-bond acceptors (Lipinski definition) is 9. The van der Waals surface area contributed by atoms with E-state index in [0.29, 0.717) is 0 Å². The fraction of sp³-hybridized carbons (Fsp3) is 0.727. The van der Waals surface area contributed by atoms with Gasteiger partial charge >= 0.3 is 0 Å². The van der Waals surface area contributed by atoms with Crippen molar-refractivity contribution in [3.05, 3.63) is 35.9 Å². The molecule has 0 amide bonds. The number of aliphatic hydroxyl groups excluding tert-OH is 3. The number of ether oxygens (including phenoxy) is 6. The summed E-state index contributed by atoms with van der Waals surface area (Å²) < 4.78 is 35.4. The molecule has 9 heteroatoms. The van der Waals surface area contributed by atoms with Gasteiger partial charge in [0.25, 0.3) is 0 Å². The Labute approximate surface area is 181 Å². The van der Waals surface area contributed by atoms with Gasteiger partial charge in [-0.05, 0) is 33.3 Å². The largest absolute Gasteiger partial charge is 0.388 e. The number of rotatable bonds is 5. The standard InChI is InChI=1S/C22H32O9/c1-11-14(23)16(25)18(20(27-11)26-10-13-8-6-5-7-9-13)29-21-19-17(15(24)12(2)28-21)30-22(3,4)31-19/h5-9,11-12,14-21,23-25H,10H2,1-4H3.